The lowest BCUT2D eigenvalue weighted by molar-refractivity contribution is -0.127. The molecule has 3 aromatic rings. The predicted octanol–water partition coefficient (Wildman–Crippen LogP) is 3.19. The molecule has 2 aromatic carbocycles. The number of ether oxygens (including phenoxy) is 3. The molecular weight excluding hydrogens is 438 g/mol. The molecular formula is C25H21N3O6. The molecule has 1 atom stereocenters. The molecule has 34 heavy (non-hydrogen) atoms. The Morgan fingerprint density at radius 3 is 2.74 bits per heavy atom. The number of amides is 3. The van der Waals surface area contributed by atoms with Crippen molar-refractivity contribution in [1.82, 2.24) is 10.3 Å². The van der Waals surface area contributed by atoms with Crippen LogP contribution in [0.1, 0.15) is 40.5 Å². The van der Waals surface area contributed by atoms with Crippen molar-refractivity contribution in [3.8, 4) is 11.5 Å². The van der Waals surface area contributed by atoms with E-state index in [4.69, 9.17) is 24.9 Å². The first-order valence-corrected chi connectivity index (χ1v) is 10.7. The largest absolute Gasteiger partial charge is 0.454 e. The minimum atomic E-state index is -1.20. The van der Waals surface area contributed by atoms with E-state index in [2.05, 4.69) is 0 Å². The molecule has 1 aromatic heterocycles. The van der Waals surface area contributed by atoms with Crippen LogP contribution in [0.25, 0.3) is 22.6 Å². The van der Waals surface area contributed by atoms with Crippen LogP contribution in [-0.2, 0) is 16.0 Å². The fraction of sp³-hybridized carbons (Fsp3) is 0.200. The third-order valence-corrected chi connectivity index (χ3v) is 5.78. The number of para-hydroxylation sites is 1. The first kappa shape index (κ1) is 21.4. The summed E-state index contributed by atoms with van der Waals surface area (Å²) in [5.74, 6) is -0.0605. The van der Waals surface area contributed by atoms with Gasteiger partial charge in [-0.3, -0.25) is 10.1 Å². The Bertz CT molecular complexity index is 1380. The van der Waals surface area contributed by atoms with Gasteiger partial charge in [0.25, 0.3) is 5.91 Å². The number of fused-ring (bicyclic) bond motifs is 3. The first-order chi connectivity index (χ1) is 16.4. The highest BCUT2D eigenvalue weighted by Gasteiger charge is 2.29. The molecule has 0 saturated carbocycles. The van der Waals surface area contributed by atoms with Crippen LogP contribution in [0.5, 0.6) is 11.5 Å². The number of carbonyl (C=O) groups excluding carboxylic acids is 3. The highest BCUT2D eigenvalue weighted by atomic mass is 16.7. The van der Waals surface area contributed by atoms with Gasteiger partial charge in [-0.2, -0.15) is 0 Å². The molecule has 3 N–H and O–H groups in total. The Labute approximate surface area is 194 Å². The van der Waals surface area contributed by atoms with Gasteiger partial charge >= 0.3 is 12.0 Å². The Balaban J connectivity index is 1.53. The predicted molar refractivity (Wildman–Crippen MR) is 123 cm³/mol. The van der Waals surface area contributed by atoms with Gasteiger partial charge in [-0.1, -0.05) is 24.3 Å². The topological polar surface area (TPSA) is 130 Å². The van der Waals surface area contributed by atoms with Gasteiger partial charge in [-0.25, -0.2) is 14.6 Å². The van der Waals surface area contributed by atoms with E-state index < -0.39 is 24.0 Å². The van der Waals surface area contributed by atoms with Crippen LogP contribution in [0.15, 0.2) is 42.5 Å². The Hall–Kier alpha value is -4.40. The molecule has 0 saturated heterocycles. The molecule has 1 aliphatic carbocycles. The number of aromatic nitrogens is 1. The minimum absolute atomic E-state index is 0.201. The lowest BCUT2D eigenvalue weighted by atomic mass is 10.0. The molecule has 5 rings (SSSR count). The van der Waals surface area contributed by atoms with Crippen LogP contribution in [0, 0.1) is 0 Å². The monoisotopic (exact) mass is 459 g/mol. The number of primary amides is 1. The number of esters is 1. The van der Waals surface area contributed by atoms with Crippen molar-refractivity contribution < 1.29 is 28.6 Å². The van der Waals surface area contributed by atoms with E-state index in [1.807, 2.05) is 47.8 Å². The smallest absolute Gasteiger partial charge is 0.339 e. The van der Waals surface area contributed by atoms with E-state index in [0.29, 0.717) is 40.8 Å². The van der Waals surface area contributed by atoms with Crippen LogP contribution in [0.2, 0.25) is 0 Å². The number of rotatable bonds is 4. The summed E-state index contributed by atoms with van der Waals surface area (Å²) in [7, 11) is 0. The Morgan fingerprint density at radius 2 is 1.91 bits per heavy atom. The number of imide groups is 1. The molecule has 3 amide bonds. The van der Waals surface area contributed by atoms with Crippen LogP contribution < -0.4 is 20.5 Å². The average Bonchev–Trinajstić information content (AvgIpc) is 3.43. The van der Waals surface area contributed by atoms with Gasteiger partial charge in [0.15, 0.2) is 17.6 Å². The molecule has 2 heterocycles. The standard InChI is InChI=1S/C25H21N3O6/c1-13(23(29)28-25(26)31)34-24(30)21-16-4-2-3-5-18(16)27-22-15(7-8-17(21)22)10-14-6-9-19-20(11-14)33-12-32-19/h2-6,9-11,13H,7-8,12H2,1H3,(H3,26,28,29,31)/b15-10-/t13-/m0/s1. The van der Waals surface area contributed by atoms with Crippen LogP contribution in [0.3, 0.4) is 0 Å². The number of urea groups is 1. The summed E-state index contributed by atoms with van der Waals surface area (Å²) in [5, 5.41) is 2.56. The SMILES string of the molecule is C[C@H](OC(=O)c1c2c(nc3ccccc13)/C(=C\c1ccc3c(c1)OCO3)CC2)C(=O)NC(N)=O. The number of allylic oxidation sites excluding steroid dienone is 1. The van der Waals surface area contributed by atoms with Crippen LogP contribution in [-0.4, -0.2) is 35.8 Å². The number of pyridine rings is 1. The van der Waals surface area contributed by atoms with E-state index in [0.717, 1.165) is 22.4 Å². The van der Waals surface area contributed by atoms with Gasteiger partial charge in [-0.15, -0.1) is 0 Å². The molecule has 0 fully saturated rings. The van der Waals surface area contributed by atoms with E-state index in [1.54, 1.807) is 6.07 Å². The van der Waals surface area contributed by atoms with E-state index in [1.165, 1.54) is 6.92 Å². The summed E-state index contributed by atoms with van der Waals surface area (Å²) < 4.78 is 16.3. The second-order valence-corrected chi connectivity index (χ2v) is 8.01. The molecule has 9 heteroatoms. The van der Waals surface area contributed by atoms with Crippen molar-refractivity contribution in [2.75, 3.05) is 6.79 Å². The lowest BCUT2D eigenvalue weighted by Crippen LogP contribution is -2.42. The van der Waals surface area contributed by atoms with Crippen LogP contribution >= 0.6 is 0 Å². The van der Waals surface area contributed by atoms with E-state index in [9.17, 15) is 14.4 Å². The Morgan fingerprint density at radius 1 is 1.12 bits per heavy atom. The van der Waals surface area contributed by atoms with Crippen LogP contribution in [0.4, 0.5) is 4.79 Å². The molecule has 172 valence electrons. The van der Waals surface area contributed by atoms with Crippen molar-refractivity contribution in [1.29, 1.82) is 0 Å². The molecule has 9 nitrogen and oxygen atoms in total. The number of benzene rings is 2. The summed E-state index contributed by atoms with van der Waals surface area (Å²) >= 11 is 0. The summed E-state index contributed by atoms with van der Waals surface area (Å²) in [6, 6.07) is 12.0. The number of nitrogens with one attached hydrogen (secondary N) is 1. The van der Waals surface area contributed by atoms with Gasteiger partial charge in [-0.05, 0) is 60.7 Å². The number of hydrogen-bond acceptors (Lipinski definition) is 7. The van der Waals surface area contributed by atoms with Crippen molar-refractivity contribution in [3.05, 3.63) is 64.8 Å². The average molecular weight is 459 g/mol. The minimum Gasteiger partial charge on any atom is -0.454 e. The Kier molecular flexibility index (Phi) is 5.37. The van der Waals surface area contributed by atoms with Crippen molar-refractivity contribution in [2.24, 2.45) is 5.73 Å². The molecule has 0 bridgehead atoms. The fourth-order valence-corrected chi connectivity index (χ4v) is 4.21. The van der Waals surface area contributed by atoms with Gasteiger partial charge in [0.05, 0.1) is 16.8 Å². The highest BCUT2D eigenvalue weighted by Crippen LogP contribution is 2.39. The molecule has 0 spiro atoms. The maximum Gasteiger partial charge on any atom is 0.339 e. The van der Waals surface area contributed by atoms with Crippen molar-refractivity contribution >= 4 is 40.5 Å². The second-order valence-electron chi connectivity index (χ2n) is 8.01. The van der Waals surface area contributed by atoms with Gasteiger partial charge in [0, 0.05) is 5.39 Å². The number of nitrogens with zero attached hydrogens (tertiary/aromatic N) is 1. The van der Waals surface area contributed by atoms with Crippen molar-refractivity contribution in [2.45, 2.75) is 25.9 Å². The summed E-state index contributed by atoms with van der Waals surface area (Å²) in [5.41, 5.74) is 9.39. The van der Waals surface area contributed by atoms with Gasteiger partial charge < -0.3 is 19.9 Å². The normalized spacial score (nSPS) is 15.7. The first-order valence-electron chi connectivity index (χ1n) is 10.7. The lowest BCUT2D eigenvalue weighted by Gasteiger charge is -2.15. The second kappa shape index (κ2) is 8.51. The summed E-state index contributed by atoms with van der Waals surface area (Å²) in [4.78, 5) is 41.0. The number of nitrogens with two attached hydrogens (primary N) is 1. The van der Waals surface area contributed by atoms with Crippen molar-refractivity contribution in [3.63, 3.8) is 0 Å². The zero-order chi connectivity index (χ0) is 23.8. The summed E-state index contributed by atoms with van der Waals surface area (Å²) in [6.07, 6.45) is 2.10. The zero-order valence-corrected chi connectivity index (χ0v) is 18.3. The molecule has 2 aliphatic rings. The van der Waals surface area contributed by atoms with E-state index in [-0.39, 0.29) is 6.79 Å². The van der Waals surface area contributed by atoms with E-state index >= 15 is 0 Å². The zero-order valence-electron chi connectivity index (χ0n) is 18.3. The highest BCUT2D eigenvalue weighted by molar-refractivity contribution is 6.08. The third kappa shape index (κ3) is 3.92. The van der Waals surface area contributed by atoms with Gasteiger partial charge in [0.2, 0.25) is 6.79 Å². The molecule has 0 unspecified atom stereocenters. The quantitative estimate of drug-likeness (QED) is 0.573. The maximum absolute atomic E-state index is 13.2. The molecule has 0 radical (unpaired) electrons. The number of hydrogen-bond donors (Lipinski definition) is 2. The maximum atomic E-state index is 13.2. The number of carbonyl (C=O) groups is 3. The molecule has 1 aliphatic heterocycles. The fourth-order valence-electron chi connectivity index (χ4n) is 4.21. The van der Waals surface area contributed by atoms with Gasteiger partial charge in [0.1, 0.15) is 0 Å². The summed E-state index contributed by atoms with van der Waals surface area (Å²) in [6.45, 7) is 1.58. The third-order valence-electron chi connectivity index (χ3n) is 5.78.